The number of carbonyl (C=O) groups is 1. The average molecular weight is 292 g/mol. The summed E-state index contributed by atoms with van der Waals surface area (Å²) in [6, 6.07) is 7.82. The first kappa shape index (κ1) is 17.5. The summed E-state index contributed by atoms with van der Waals surface area (Å²) in [6.07, 6.45) is 0.181. The summed E-state index contributed by atoms with van der Waals surface area (Å²) in [6.45, 7) is 12.1. The van der Waals surface area contributed by atoms with E-state index in [2.05, 4.69) is 5.32 Å². The zero-order valence-corrected chi connectivity index (χ0v) is 13.8. The van der Waals surface area contributed by atoms with Crippen LogP contribution in [0.1, 0.15) is 40.2 Å². The van der Waals surface area contributed by atoms with Crippen molar-refractivity contribution in [3.63, 3.8) is 0 Å². The molecule has 0 aromatic heterocycles. The Balaban J connectivity index is 2.49. The highest BCUT2D eigenvalue weighted by molar-refractivity contribution is 5.81. The number of rotatable bonds is 8. The van der Waals surface area contributed by atoms with Crippen LogP contribution in [0.25, 0.3) is 0 Å². The first-order valence-electron chi connectivity index (χ1n) is 7.75. The molecule has 0 fully saturated rings. The van der Waals surface area contributed by atoms with E-state index in [4.69, 9.17) is 4.74 Å². The maximum atomic E-state index is 12.1. The summed E-state index contributed by atoms with van der Waals surface area (Å²) >= 11 is 0. The normalized spacial score (nSPS) is 12.3. The smallest absolute Gasteiger partial charge is 0.239 e. The highest BCUT2D eigenvalue weighted by atomic mass is 16.5. The lowest BCUT2D eigenvalue weighted by molar-refractivity contribution is -0.132. The van der Waals surface area contributed by atoms with Gasteiger partial charge < -0.3 is 15.0 Å². The van der Waals surface area contributed by atoms with E-state index >= 15 is 0 Å². The molecule has 0 aliphatic heterocycles. The van der Waals surface area contributed by atoms with Crippen LogP contribution < -0.4 is 10.1 Å². The van der Waals surface area contributed by atoms with Gasteiger partial charge >= 0.3 is 0 Å². The summed E-state index contributed by atoms with van der Waals surface area (Å²) in [4.78, 5) is 14.0. The van der Waals surface area contributed by atoms with Gasteiger partial charge in [0.2, 0.25) is 5.91 Å². The summed E-state index contributed by atoms with van der Waals surface area (Å²) in [5.74, 6) is 1.03. The van der Waals surface area contributed by atoms with Gasteiger partial charge in [0, 0.05) is 19.6 Å². The monoisotopic (exact) mass is 292 g/mol. The molecular formula is C17H28N2O2. The molecule has 0 aliphatic carbocycles. The molecule has 1 aromatic carbocycles. The van der Waals surface area contributed by atoms with Gasteiger partial charge in [0.05, 0.1) is 12.1 Å². The van der Waals surface area contributed by atoms with Crippen LogP contribution in [0.15, 0.2) is 24.3 Å². The number of hydrogen-bond donors (Lipinski definition) is 1. The lowest BCUT2D eigenvalue weighted by Gasteiger charge is -2.23. The number of nitrogens with one attached hydrogen (secondary N) is 1. The Morgan fingerprint density at radius 1 is 1.14 bits per heavy atom. The number of amides is 1. The van der Waals surface area contributed by atoms with E-state index in [0.717, 1.165) is 24.4 Å². The summed E-state index contributed by atoms with van der Waals surface area (Å²) in [7, 11) is 0. The number of benzene rings is 1. The first-order valence-corrected chi connectivity index (χ1v) is 7.75. The average Bonchev–Trinajstić information content (AvgIpc) is 2.46. The van der Waals surface area contributed by atoms with Crippen LogP contribution in [-0.2, 0) is 11.3 Å². The Kier molecular flexibility index (Phi) is 7.23. The van der Waals surface area contributed by atoms with Crippen molar-refractivity contribution in [2.75, 3.05) is 13.1 Å². The molecule has 4 heteroatoms. The Morgan fingerprint density at radius 3 is 2.19 bits per heavy atom. The summed E-state index contributed by atoms with van der Waals surface area (Å²) in [5.41, 5.74) is 1.14. The zero-order valence-electron chi connectivity index (χ0n) is 13.8. The van der Waals surface area contributed by atoms with Crippen molar-refractivity contribution in [2.24, 2.45) is 0 Å². The van der Waals surface area contributed by atoms with Gasteiger partial charge in [0.15, 0.2) is 0 Å². The van der Waals surface area contributed by atoms with Crippen LogP contribution in [0.5, 0.6) is 5.75 Å². The minimum Gasteiger partial charge on any atom is -0.491 e. The number of likely N-dealkylation sites (N-methyl/N-ethyl adjacent to an activating group) is 1. The highest BCUT2D eigenvalue weighted by Crippen LogP contribution is 2.13. The second-order valence-electron chi connectivity index (χ2n) is 5.42. The summed E-state index contributed by atoms with van der Waals surface area (Å²) in [5, 5.41) is 3.28. The maximum absolute atomic E-state index is 12.1. The third kappa shape index (κ3) is 5.76. The molecule has 0 heterocycles. The lowest BCUT2D eigenvalue weighted by atomic mass is 10.2. The first-order chi connectivity index (χ1) is 9.97. The van der Waals surface area contributed by atoms with E-state index in [0.29, 0.717) is 6.54 Å². The number of hydrogen-bond acceptors (Lipinski definition) is 3. The van der Waals surface area contributed by atoms with Crippen LogP contribution in [0.2, 0.25) is 0 Å². The van der Waals surface area contributed by atoms with Crippen molar-refractivity contribution in [3.8, 4) is 5.75 Å². The van der Waals surface area contributed by atoms with E-state index in [9.17, 15) is 4.79 Å². The van der Waals surface area contributed by atoms with E-state index in [1.165, 1.54) is 0 Å². The van der Waals surface area contributed by atoms with Crippen molar-refractivity contribution in [3.05, 3.63) is 29.8 Å². The van der Waals surface area contributed by atoms with E-state index in [1.54, 1.807) is 0 Å². The van der Waals surface area contributed by atoms with Crippen LogP contribution in [0.4, 0.5) is 0 Å². The van der Waals surface area contributed by atoms with E-state index in [1.807, 2.05) is 63.8 Å². The summed E-state index contributed by atoms with van der Waals surface area (Å²) < 4.78 is 5.61. The Morgan fingerprint density at radius 2 is 1.71 bits per heavy atom. The molecule has 1 unspecified atom stereocenters. The molecule has 1 rings (SSSR count). The van der Waals surface area contributed by atoms with Crippen LogP contribution in [-0.4, -0.2) is 36.0 Å². The van der Waals surface area contributed by atoms with Crippen molar-refractivity contribution >= 4 is 5.91 Å². The third-order valence-corrected chi connectivity index (χ3v) is 3.35. The SMILES string of the molecule is CCN(CC)C(=O)C(C)NCc1ccc(OC(C)C)cc1. The number of nitrogens with zero attached hydrogens (tertiary/aromatic N) is 1. The Labute approximate surface area is 128 Å². The van der Waals surface area contributed by atoms with Gasteiger partial charge in [-0.15, -0.1) is 0 Å². The molecule has 1 atom stereocenters. The molecule has 1 amide bonds. The predicted molar refractivity (Wildman–Crippen MR) is 86.4 cm³/mol. The fourth-order valence-corrected chi connectivity index (χ4v) is 2.13. The van der Waals surface area contributed by atoms with Crippen molar-refractivity contribution in [2.45, 2.75) is 53.3 Å². The van der Waals surface area contributed by atoms with Crippen LogP contribution >= 0.6 is 0 Å². The lowest BCUT2D eigenvalue weighted by Crippen LogP contribution is -2.44. The van der Waals surface area contributed by atoms with Gasteiger partial charge in [-0.1, -0.05) is 12.1 Å². The van der Waals surface area contributed by atoms with Crippen molar-refractivity contribution in [1.82, 2.24) is 10.2 Å². The Hall–Kier alpha value is -1.55. The molecule has 0 saturated carbocycles. The molecule has 0 bridgehead atoms. The second kappa shape index (κ2) is 8.67. The van der Waals surface area contributed by atoms with Crippen molar-refractivity contribution in [1.29, 1.82) is 0 Å². The zero-order chi connectivity index (χ0) is 15.8. The van der Waals surface area contributed by atoms with Gasteiger partial charge in [-0.3, -0.25) is 4.79 Å². The predicted octanol–water partition coefficient (Wildman–Crippen LogP) is 2.82. The fourth-order valence-electron chi connectivity index (χ4n) is 2.13. The largest absolute Gasteiger partial charge is 0.491 e. The molecule has 0 spiro atoms. The molecule has 1 N–H and O–H groups in total. The molecule has 1 aromatic rings. The second-order valence-corrected chi connectivity index (χ2v) is 5.42. The molecule has 118 valence electrons. The number of carbonyl (C=O) groups excluding carboxylic acids is 1. The number of ether oxygens (including phenoxy) is 1. The fraction of sp³-hybridized carbons (Fsp3) is 0.588. The van der Waals surface area contributed by atoms with E-state index < -0.39 is 0 Å². The minimum atomic E-state index is -0.170. The quantitative estimate of drug-likeness (QED) is 0.801. The standard InChI is InChI=1S/C17H28N2O2/c1-6-19(7-2)17(20)14(5)18-12-15-8-10-16(11-9-15)21-13(3)4/h8-11,13-14,18H,6-7,12H2,1-5H3. The molecule has 0 aliphatic rings. The van der Waals surface area contributed by atoms with Crippen LogP contribution in [0.3, 0.4) is 0 Å². The van der Waals surface area contributed by atoms with Gasteiger partial charge in [-0.2, -0.15) is 0 Å². The maximum Gasteiger partial charge on any atom is 0.239 e. The molecular weight excluding hydrogens is 264 g/mol. The molecule has 0 saturated heterocycles. The van der Waals surface area contributed by atoms with Gasteiger partial charge in [0.1, 0.15) is 5.75 Å². The van der Waals surface area contributed by atoms with Gasteiger partial charge in [0.25, 0.3) is 0 Å². The van der Waals surface area contributed by atoms with Crippen molar-refractivity contribution < 1.29 is 9.53 Å². The topological polar surface area (TPSA) is 41.6 Å². The van der Waals surface area contributed by atoms with E-state index in [-0.39, 0.29) is 18.1 Å². The van der Waals surface area contributed by atoms with Gasteiger partial charge in [-0.05, 0) is 52.3 Å². The highest BCUT2D eigenvalue weighted by Gasteiger charge is 2.17. The third-order valence-electron chi connectivity index (χ3n) is 3.35. The molecule has 0 radical (unpaired) electrons. The van der Waals surface area contributed by atoms with Crippen LogP contribution in [0, 0.1) is 0 Å². The minimum absolute atomic E-state index is 0.153. The Bertz CT molecular complexity index is 425. The van der Waals surface area contributed by atoms with Gasteiger partial charge in [-0.25, -0.2) is 0 Å². The molecule has 21 heavy (non-hydrogen) atoms. The molecule has 4 nitrogen and oxygen atoms in total.